The number of amides is 1. The fourth-order valence-corrected chi connectivity index (χ4v) is 8.43. The Morgan fingerprint density at radius 3 is 1.25 bits per heavy atom. The van der Waals surface area contributed by atoms with Crippen molar-refractivity contribution in [1.82, 2.24) is 5.32 Å². The predicted octanol–water partition coefficient (Wildman–Crippen LogP) is 14.7. The minimum atomic E-state index is -4.34. The number of rotatable bonds is 47. The Morgan fingerprint density at radius 1 is 0.559 bits per heavy atom. The molecule has 0 fully saturated rings. The zero-order chi connectivity index (χ0) is 43.6. The van der Waals surface area contributed by atoms with Crippen LogP contribution in [0.15, 0.2) is 12.2 Å². The van der Waals surface area contributed by atoms with Gasteiger partial charge in [0, 0.05) is 6.42 Å². The second-order valence-electron chi connectivity index (χ2n) is 18.9. The number of aliphatic hydroxyl groups is 1. The average molecular weight is 858 g/mol. The molecule has 59 heavy (non-hydrogen) atoms. The highest BCUT2D eigenvalue weighted by atomic mass is 31.2. The van der Waals surface area contributed by atoms with Crippen molar-refractivity contribution in [2.45, 2.75) is 264 Å². The molecule has 0 rings (SSSR count). The topological polar surface area (TPSA) is 105 Å². The summed E-state index contributed by atoms with van der Waals surface area (Å²) in [7, 11) is 1.59. The molecule has 0 bridgehead atoms. The molecule has 0 saturated heterocycles. The lowest BCUT2D eigenvalue weighted by Crippen LogP contribution is -2.45. The van der Waals surface area contributed by atoms with Crippen molar-refractivity contribution in [3.8, 4) is 0 Å². The molecular weight excluding hydrogens is 756 g/mol. The second-order valence-corrected chi connectivity index (χ2v) is 20.4. The highest BCUT2D eigenvalue weighted by Crippen LogP contribution is 2.43. The van der Waals surface area contributed by atoms with Crippen LogP contribution in [0.25, 0.3) is 0 Å². The fraction of sp³-hybridized carbons (Fsp3) is 0.940. The predicted molar refractivity (Wildman–Crippen MR) is 254 cm³/mol. The van der Waals surface area contributed by atoms with Gasteiger partial charge in [0.2, 0.25) is 5.91 Å². The van der Waals surface area contributed by atoms with Gasteiger partial charge >= 0.3 is 7.82 Å². The number of likely N-dealkylation sites (N-methyl/N-ethyl adjacent to an activating group) is 1. The molecule has 0 aromatic heterocycles. The van der Waals surface area contributed by atoms with Crippen molar-refractivity contribution >= 4 is 13.7 Å². The van der Waals surface area contributed by atoms with Gasteiger partial charge in [-0.1, -0.05) is 238 Å². The minimum absolute atomic E-state index is 0.0649. The van der Waals surface area contributed by atoms with Crippen LogP contribution in [0.3, 0.4) is 0 Å². The number of hydrogen-bond acceptors (Lipinski definition) is 5. The van der Waals surface area contributed by atoms with E-state index in [0.717, 1.165) is 32.1 Å². The van der Waals surface area contributed by atoms with Crippen LogP contribution in [0, 0.1) is 0 Å². The Hall–Kier alpha value is -0.760. The summed E-state index contributed by atoms with van der Waals surface area (Å²) in [5.74, 6) is -0.173. The molecule has 0 aliphatic heterocycles. The van der Waals surface area contributed by atoms with E-state index in [1.54, 1.807) is 6.08 Å². The summed E-state index contributed by atoms with van der Waals surface area (Å²) >= 11 is 0. The maximum absolute atomic E-state index is 12.9. The van der Waals surface area contributed by atoms with E-state index in [0.29, 0.717) is 17.4 Å². The molecule has 3 atom stereocenters. The van der Waals surface area contributed by atoms with Gasteiger partial charge in [-0.25, -0.2) is 4.57 Å². The Kier molecular flexibility index (Phi) is 42.0. The van der Waals surface area contributed by atoms with Gasteiger partial charge in [-0.05, 0) is 19.3 Å². The SMILES string of the molecule is CCCCCCCCCCCCCCCCCCCCCC/C=C/C(O)C(COP(=O)(O)OCC[N+](C)(C)C)NC(=O)CCCCCCCCCCCCCCCCC. The molecule has 0 aromatic rings. The third-order valence-corrected chi connectivity index (χ3v) is 12.7. The first kappa shape index (κ1) is 58.2. The molecule has 352 valence electrons. The maximum Gasteiger partial charge on any atom is 0.472 e. The first-order valence-corrected chi connectivity index (χ1v) is 27.1. The number of allylic oxidation sites excluding steroid dienone is 1. The van der Waals surface area contributed by atoms with E-state index in [1.165, 1.54) is 199 Å². The third-order valence-electron chi connectivity index (χ3n) is 11.8. The quantitative estimate of drug-likeness (QED) is 0.0244. The van der Waals surface area contributed by atoms with Crippen LogP contribution < -0.4 is 5.32 Å². The molecule has 9 heteroatoms. The fourth-order valence-electron chi connectivity index (χ4n) is 7.69. The van der Waals surface area contributed by atoms with Crippen LogP contribution in [-0.2, 0) is 18.4 Å². The van der Waals surface area contributed by atoms with Crippen LogP contribution in [0.2, 0.25) is 0 Å². The average Bonchev–Trinajstić information content (AvgIpc) is 3.19. The molecule has 0 aliphatic rings. The molecular formula is C50H102N2O6P+. The van der Waals surface area contributed by atoms with Crippen molar-refractivity contribution in [1.29, 1.82) is 0 Å². The van der Waals surface area contributed by atoms with Gasteiger partial charge in [0.15, 0.2) is 0 Å². The van der Waals surface area contributed by atoms with E-state index in [2.05, 4.69) is 19.2 Å². The molecule has 0 aliphatic carbocycles. The van der Waals surface area contributed by atoms with Crippen molar-refractivity contribution in [2.24, 2.45) is 0 Å². The number of unbranched alkanes of at least 4 members (excludes halogenated alkanes) is 34. The molecule has 1 amide bonds. The van der Waals surface area contributed by atoms with Crippen molar-refractivity contribution in [3.63, 3.8) is 0 Å². The molecule has 0 radical (unpaired) electrons. The van der Waals surface area contributed by atoms with Gasteiger partial charge in [0.05, 0.1) is 39.9 Å². The molecule has 8 nitrogen and oxygen atoms in total. The number of hydrogen-bond donors (Lipinski definition) is 3. The number of nitrogens with zero attached hydrogens (tertiary/aromatic N) is 1. The van der Waals surface area contributed by atoms with Crippen molar-refractivity contribution in [3.05, 3.63) is 12.2 Å². The number of carbonyl (C=O) groups is 1. The summed E-state index contributed by atoms with van der Waals surface area (Å²) in [6.07, 6.45) is 50.0. The zero-order valence-electron chi connectivity index (χ0n) is 40.0. The van der Waals surface area contributed by atoms with E-state index in [4.69, 9.17) is 9.05 Å². The van der Waals surface area contributed by atoms with Gasteiger partial charge in [0.1, 0.15) is 13.2 Å². The van der Waals surface area contributed by atoms with Crippen molar-refractivity contribution < 1.29 is 32.9 Å². The normalized spacial score (nSPS) is 14.2. The minimum Gasteiger partial charge on any atom is -0.387 e. The van der Waals surface area contributed by atoms with Gasteiger partial charge in [-0.3, -0.25) is 13.8 Å². The lowest BCUT2D eigenvalue weighted by Gasteiger charge is -2.25. The van der Waals surface area contributed by atoms with E-state index in [-0.39, 0.29) is 19.1 Å². The summed E-state index contributed by atoms with van der Waals surface area (Å²) in [6.45, 7) is 4.85. The summed E-state index contributed by atoms with van der Waals surface area (Å²) in [4.78, 5) is 23.2. The summed E-state index contributed by atoms with van der Waals surface area (Å²) < 4.78 is 23.6. The molecule has 0 spiro atoms. The molecule has 0 saturated carbocycles. The standard InChI is InChI=1S/C50H101N2O6P/c1-6-8-10-12-14-16-18-20-22-23-24-25-26-27-28-30-31-33-35-37-39-41-43-49(53)48(47-58-59(55,56)57-46-45-52(3,4)5)51-50(54)44-42-40-38-36-34-32-29-21-19-17-15-13-11-9-7-2/h41,43,48-49,53H,6-40,42,44-47H2,1-5H3,(H-,51,54,55,56)/p+1/b43-41+. The van der Waals surface area contributed by atoms with Gasteiger partial charge in [0.25, 0.3) is 0 Å². The number of carbonyl (C=O) groups excluding carboxylic acids is 1. The van der Waals surface area contributed by atoms with Crippen LogP contribution in [-0.4, -0.2) is 73.4 Å². The number of phosphoric acid groups is 1. The lowest BCUT2D eigenvalue weighted by atomic mass is 10.0. The van der Waals surface area contributed by atoms with Crippen LogP contribution in [0.1, 0.15) is 251 Å². The van der Waals surface area contributed by atoms with Gasteiger partial charge in [-0.15, -0.1) is 0 Å². The number of quaternary nitrogens is 1. The number of aliphatic hydroxyl groups excluding tert-OH is 1. The van der Waals surface area contributed by atoms with E-state index >= 15 is 0 Å². The van der Waals surface area contributed by atoms with Gasteiger partial charge in [-0.2, -0.15) is 0 Å². The molecule has 3 unspecified atom stereocenters. The van der Waals surface area contributed by atoms with E-state index in [9.17, 15) is 19.4 Å². The zero-order valence-corrected chi connectivity index (χ0v) is 40.9. The summed E-state index contributed by atoms with van der Waals surface area (Å²) in [5.41, 5.74) is 0. The van der Waals surface area contributed by atoms with Crippen molar-refractivity contribution in [2.75, 3.05) is 40.9 Å². The Labute approximate surface area is 367 Å². The Balaban J connectivity index is 4.27. The lowest BCUT2D eigenvalue weighted by molar-refractivity contribution is -0.870. The van der Waals surface area contributed by atoms with Crippen LogP contribution in [0.5, 0.6) is 0 Å². The largest absolute Gasteiger partial charge is 0.472 e. The Morgan fingerprint density at radius 2 is 0.898 bits per heavy atom. The van der Waals surface area contributed by atoms with E-state index in [1.807, 2.05) is 27.2 Å². The molecule has 3 N–H and O–H groups in total. The monoisotopic (exact) mass is 858 g/mol. The van der Waals surface area contributed by atoms with Crippen LogP contribution >= 0.6 is 7.82 Å². The Bertz CT molecular complexity index is 974. The molecule has 0 heterocycles. The summed E-state index contributed by atoms with van der Waals surface area (Å²) in [5, 5.41) is 13.9. The van der Waals surface area contributed by atoms with Gasteiger partial charge < -0.3 is 19.8 Å². The van der Waals surface area contributed by atoms with Crippen LogP contribution in [0.4, 0.5) is 0 Å². The second kappa shape index (κ2) is 42.5. The molecule has 0 aromatic carbocycles. The maximum atomic E-state index is 12.9. The number of nitrogens with one attached hydrogen (secondary N) is 1. The third kappa shape index (κ3) is 45.1. The smallest absolute Gasteiger partial charge is 0.387 e. The highest BCUT2D eigenvalue weighted by Gasteiger charge is 2.27. The number of phosphoric ester groups is 1. The summed E-state index contributed by atoms with van der Waals surface area (Å²) in [6, 6.07) is -0.840. The highest BCUT2D eigenvalue weighted by molar-refractivity contribution is 7.47. The first-order chi connectivity index (χ1) is 28.5. The van der Waals surface area contributed by atoms with E-state index < -0.39 is 20.0 Å². The first-order valence-electron chi connectivity index (χ1n) is 25.6.